The lowest BCUT2D eigenvalue weighted by Gasteiger charge is -2.27. The summed E-state index contributed by atoms with van der Waals surface area (Å²) >= 11 is 0. The zero-order chi connectivity index (χ0) is 27.8. The monoisotopic (exact) mass is 539 g/mol. The first-order valence-corrected chi connectivity index (χ1v) is 14.3. The SMILES string of the molecule is Cc1ccc(N(c2cc3oc4cc5ccccc5cc4c3c3ccccc23)c2cccc3c2oc2ccccc23)cc1. The molecule has 0 aliphatic heterocycles. The number of hydrogen-bond donors (Lipinski definition) is 0. The fourth-order valence-corrected chi connectivity index (χ4v) is 6.50. The third-order valence-corrected chi connectivity index (χ3v) is 8.48. The Kier molecular flexibility index (Phi) is 4.82. The van der Waals surface area contributed by atoms with Crippen molar-refractivity contribution in [1.82, 2.24) is 0 Å². The van der Waals surface area contributed by atoms with Crippen LogP contribution in [-0.2, 0) is 0 Å². The Morgan fingerprint density at radius 2 is 1.14 bits per heavy atom. The maximum Gasteiger partial charge on any atom is 0.159 e. The molecule has 0 aliphatic rings. The van der Waals surface area contributed by atoms with Gasteiger partial charge in [0.15, 0.2) is 5.58 Å². The zero-order valence-electron chi connectivity index (χ0n) is 23.0. The molecule has 0 radical (unpaired) electrons. The van der Waals surface area contributed by atoms with Crippen LogP contribution in [0.2, 0.25) is 0 Å². The van der Waals surface area contributed by atoms with Crippen LogP contribution in [0.5, 0.6) is 0 Å². The van der Waals surface area contributed by atoms with Crippen molar-refractivity contribution < 1.29 is 8.83 Å². The maximum atomic E-state index is 6.64. The lowest BCUT2D eigenvalue weighted by atomic mass is 9.99. The minimum Gasteiger partial charge on any atom is -0.456 e. The molecule has 2 aromatic heterocycles. The summed E-state index contributed by atoms with van der Waals surface area (Å²) in [4.78, 5) is 2.32. The van der Waals surface area contributed by atoms with Gasteiger partial charge in [0.25, 0.3) is 0 Å². The number of hydrogen-bond acceptors (Lipinski definition) is 3. The first-order chi connectivity index (χ1) is 20.7. The molecular weight excluding hydrogens is 514 g/mol. The fourth-order valence-electron chi connectivity index (χ4n) is 6.50. The van der Waals surface area contributed by atoms with Crippen LogP contribution >= 0.6 is 0 Å². The number of para-hydroxylation sites is 2. The van der Waals surface area contributed by atoms with Gasteiger partial charge in [-0.2, -0.15) is 0 Å². The molecular formula is C39H25NO2. The van der Waals surface area contributed by atoms with E-state index in [-0.39, 0.29) is 0 Å². The molecule has 2 heterocycles. The summed E-state index contributed by atoms with van der Waals surface area (Å²) < 4.78 is 13.2. The molecule has 3 heteroatoms. The molecule has 0 saturated heterocycles. The predicted molar refractivity (Wildman–Crippen MR) is 175 cm³/mol. The Balaban J connectivity index is 1.40. The van der Waals surface area contributed by atoms with Crippen LogP contribution < -0.4 is 4.90 Å². The highest BCUT2D eigenvalue weighted by molar-refractivity contribution is 6.24. The number of nitrogens with zero attached hydrogens (tertiary/aromatic N) is 1. The number of anilines is 3. The van der Waals surface area contributed by atoms with Gasteiger partial charge in [0.1, 0.15) is 16.7 Å². The van der Waals surface area contributed by atoms with Gasteiger partial charge in [-0.3, -0.25) is 0 Å². The number of rotatable bonds is 3. The van der Waals surface area contributed by atoms with Crippen molar-refractivity contribution in [3.8, 4) is 0 Å². The second-order valence-corrected chi connectivity index (χ2v) is 11.0. The second-order valence-electron chi connectivity index (χ2n) is 11.0. The zero-order valence-corrected chi connectivity index (χ0v) is 23.0. The molecule has 0 aliphatic carbocycles. The molecule has 7 aromatic carbocycles. The van der Waals surface area contributed by atoms with Crippen molar-refractivity contribution in [2.24, 2.45) is 0 Å². The van der Waals surface area contributed by atoms with E-state index < -0.39 is 0 Å². The average molecular weight is 540 g/mol. The summed E-state index contributed by atoms with van der Waals surface area (Å²) in [6.45, 7) is 2.12. The van der Waals surface area contributed by atoms with Gasteiger partial charge in [-0.05, 0) is 59.5 Å². The molecule has 198 valence electrons. The van der Waals surface area contributed by atoms with Gasteiger partial charge in [-0.15, -0.1) is 0 Å². The van der Waals surface area contributed by atoms with Crippen LogP contribution in [0, 0.1) is 6.92 Å². The number of aryl methyl sites for hydroxylation is 1. The van der Waals surface area contributed by atoms with Crippen LogP contribution in [0.25, 0.3) is 65.4 Å². The second kappa shape index (κ2) is 8.73. The molecule has 9 rings (SSSR count). The van der Waals surface area contributed by atoms with E-state index in [0.29, 0.717) is 0 Å². The van der Waals surface area contributed by atoms with E-state index in [1.165, 1.54) is 16.3 Å². The van der Waals surface area contributed by atoms with Crippen LogP contribution in [0.3, 0.4) is 0 Å². The smallest absolute Gasteiger partial charge is 0.159 e. The highest BCUT2D eigenvalue weighted by Crippen LogP contribution is 2.47. The van der Waals surface area contributed by atoms with Crippen molar-refractivity contribution in [3.05, 3.63) is 139 Å². The van der Waals surface area contributed by atoms with Gasteiger partial charge in [0, 0.05) is 38.7 Å². The van der Waals surface area contributed by atoms with E-state index >= 15 is 0 Å². The van der Waals surface area contributed by atoms with Crippen LogP contribution in [-0.4, -0.2) is 0 Å². The van der Waals surface area contributed by atoms with Gasteiger partial charge < -0.3 is 13.7 Å². The lowest BCUT2D eigenvalue weighted by molar-refractivity contribution is 0.668. The Labute approximate surface area is 241 Å². The van der Waals surface area contributed by atoms with Gasteiger partial charge in [-0.25, -0.2) is 0 Å². The van der Waals surface area contributed by atoms with Crippen molar-refractivity contribution in [2.45, 2.75) is 6.92 Å². The standard InChI is InChI=1S/C39H25NO2/c1-24-17-19-27(20-18-24)40(33-15-8-14-31-29-12-6-7-16-35(29)42-39(31)33)34-23-37-38(30-13-5-4-11-28(30)34)32-21-25-9-2-3-10-26(25)22-36(32)41-37/h2-23H,1H3. The Bertz CT molecular complexity index is 2480. The van der Waals surface area contributed by atoms with E-state index in [4.69, 9.17) is 8.83 Å². The molecule has 0 atom stereocenters. The van der Waals surface area contributed by atoms with E-state index in [2.05, 4.69) is 133 Å². The van der Waals surface area contributed by atoms with E-state index in [0.717, 1.165) is 71.7 Å². The molecule has 9 aromatic rings. The van der Waals surface area contributed by atoms with Gasteiger partial charge >= 0.3 is 0 Å². The first kappa shape index (κ1) is 23.2. The van der Waals surface area contributed by atoms with Crippen molar-refractivity contribution >= 4 is 82.5 Å². The summed E-state index contributed by atoms with van der Waals surface area (Å²) in [5.74, 6) is 0. The van der Waals surface area contributed by atoms with Crippen molar-refractivity contribution in [2.75, 3.05) is 4.90 Å². The number of furan rings is 2. The molecule has 0 fully saturated rings. The minimum atomic E-state index is 0.860. The summed E-state index contributed by atoms with van der Waals surface area (Å²) in [5, 5.41) is 9.17. The van der Waals surface area contributed by atoms with E-state index in [1.54, 1.807) is 0 Å². The maximum absolute atomic E-state index is 6.64. The lowest BCUT2D eigenvalue weighted by Crippen LogP contribution is -2.11. The normalized spacial score (nSPS) is 11.9. The number of benzene rings is 7. The Morgan fingerprint density at radius 3 is 1.98 bits per heavy atom. The summed E-state index contributed by atoms with van der Waals surface area (Å²) in [6.07, 6.45) is 0. The molecule has 0 saturated carbocycles. The number of fused-ring (bicyclic) bond motifs is 9. The van der Waals surface area contributed by atoms with Gasteiger partial charge in [0.2, 0.25) is 0 Å². The van der Waals surface area contributed by atoms with E-state index in [1.807, 2.05) is 12.1 Å². The largest absolute Gasteiger partial charge is 0.456 e. The summed E-state index contributed by atoms with van der Waals surface area (Å²) in [5.41, 5.74) is 7.80. The molecule has 3 nitrogen and oxygen atoms in total. The van der Waals surface area contributed by atoms with Crippen LogP contribution in [0.15, 0.2) is 142 Å². The Hall–Kier alpha value is -5.54. The molecule has 42 heavy (non-hydrogen) atoms. The topological polar surface area (TPSA) is 29.5 Å². The molecule has 0 bridgehead atoms. The minimum absolute atomic E-state index is 0.860. The molecule has 0 N–H and O–H groups in total. The highest BCUT2D eigenvalue weighted by atomic mass is 16.3. The Morgan fingerprint density at radius 1 is 0.452 bits per heavy atom. The van der Waals surface area contributed by atoms with Crippen LogP contribution in [0.1, 0.15) is 5.56 Å². The first-order valence-electron chi connectivity index (χ1n) is 14.3. The van der Waals surface area contributed by atoms with Gasteiger partial charge in [-0.1, -0.05) is 96.6 Å². The summed E-state index contributed by atoms with van der Waals surface area (Å²) in [7, 11) is 0. The third-order valence-electron chi connectivity index (χ3n) is 8.48. The molecule has 0 spiro atoms. The van der Waals surface area contributed by atoms with E-state index in [9.17, 15) is 0 Å². The molecule has 0 amide bonds. The highest BCUT2D eigenvalue weighted by Gasteiger charge is 2.23. The van der Waals surface area contributed by atoms with Crippen LogP contribution in [0.4, 0.5) is 17.1 Å². The third kappa shape index (κ3) is 3.34. The molecule has 0 unspecified atom stereocenters. The predicted octanol–water partition coefficient (Wildman–Crippen LogP) is 11.6. The fraction of sp³-hybridized carbons (Fsp3) is 0.0256. The quantitative estimate of drug-likeness (QED) is 0.224. The van der Waals surface area contributed by atoms with Gasteiger partial charge in [0.05, 0.1) is 11.4 Å². The van der Waals surface area contributed by atoms with Crippen molar-refractivity contribution in [3.63, 3.8) is 0 Å². The average Bonchev–Trinajstić information content (AvgIpc) is 3.59. The van der Waals surface area contributed by atoms with Crippen molar-refractivity contribution in [1.29, 1.82) is 0 Å². The summed E-state index contributed by atoms with van der Waals surface area (Å²) in [6, 6.07) is 47.1.